The van der Waals surface area contributed by atoms with Crippen molar-refractivity contribution in [1.29, 1.82) is 0 Å². The Kier molecular flexibility index (Phi) is 5.28. The van der Waals surface area contributed by atoms with Crippen LogP contribution in [0.25, 0.3) is 22.0 Å². The summed E-state index contributed by atoms with van der Waals surface area (Å²) < 4.78 is 40.1. The number of aryl methyl sites for hydroxylation is 1. The number of aromatic amines is 1. The molecule has 0 spiro atoms. The van der Waals surface area contributed by atoms with Crippen molar-refractivity contribution < 1.29 is 18.3 Å². The molecule has 2 aromatic carbocycles. The van der Waals surface area contributed by atoms with Crippen molar-refractivity contribution in [3.8, 4) is 11.1 Å². The molecule has 3 aromatic rings. The fourth-order valence-electron chi connectivity index (χ4n) is 3.59. The molecule has 0 fully saturated rings. The first-order chi connectivity index (χ1) is 13.9. The Balaban J connectivity index is 2.03. The van der Waals surface area contributed by atoms with E-state index >= 15 is 0 Å². The third-order valence-corrected chi connectivity index (χ3v) is 6.08. The van der Waals surface area contributed by atoms with Gasteiger partial charge in [-0.2, -0.15) is 0 Å². The molecule has 1 N–H and O–H groups in total. The smallest absolute Gasteiger partial charge is 0.328 e. The number of halogens is 2. The molecule has 2 heterocycles. The number of nitrogens with one attached hydrogen (secondary N) is 1. The highest BCUT2D eigenvalue weighted by Gasteiger charge is 2.26. The number of benzene rings is 2. The van der Waals surface area contributed by atoms with Crippen molar-refractivity contribution >= 4 is 22.7 Å². The lowest BCUT2D eigenvalue weighted by atomic mass is 9.97. The van der Waals surface area contributed by atoms with Gasteiger partial charge < -0.3 is 9.47 Å². The van der Waals surface area contributed by atoms with Crippen molar-refractivity contribution in [2.24, 2.45) is 0 Å². The predicted molar refractivity (Wildman–Crippen MR) is 106 cm³/mol. The van der Waals surface area contributed by atoms with E-state index in [1.165, 1.54) is 35.6 Å². The summed E-state index contributed by atoms with van der Waals surface area (Å²) >= 11 is 1.37. The van der Waals surface area contributed by atoms with Gasteiger partial charge in [0.2, 0.25) is 0 Å². The summed E-state index contributed by atoms with van der Waals surface area (Å²) in [5.41, 5.74) is 0.754. The number of H-pyrrole nitrogens is 1. The van der Waals surface area contributed by atoms with Crippen LogP contribution in [0.4, 0.5) is 8.78 Å². The number of ether oxygens (including phenoxy) is 2. The Hall–Kier alpha value is -2.49. The summed E-state index contributed by atoms with van der Waals surface area (Å²) in [5.74, 6) is -0.920. The third-order valence-electron chi connectivity index (χ3n) is 4.85. The zero-order chi connectivity index (χ0) is 20.7. The fraction of sp³-hybridized carbons (Fsp3) is 0.300. The van der Waals surface area contributed by atoms with Crippen LogP contribution in [0.5, 0.6) is 0 Å². The van der Waals surface area contributed by atoms with E-state index in [-0.39, 0.29) is 25.0 Å². The molecule has 9 heteroatoms. The van der Waals surface area contributed by atoms with Crippen LogP contribution in [0, 0.1) is 18.6 Å². The molecule has 0 amide bonds. The number of hydrogen-bond acceptors (Lipinski definition) is 5. The van der Waals surface area contributed by atoms with Crippen LogP contribution in [0.2, 0.25) is 0 Å². The second kappa shape index (κ2) is 7.74. The van der Waals surface area contributed by atoms with Crippen LogP contribution in [0.15, 0.2) is 38.8 Å². The molecular formula is C20H18F2N2O4S. The minimum absolute atomic E-state index is 0.0568. The van der Waals surface area contributed by atoms with Gasteiger partial charge >= 0.3 is 5.69 Å². The molecule has 1 aromatic heterocycles. The van der Waals surface area contributed by atoms with Gasteiger partial charge in [-0.3, -0.25) is 14.3 Å². The normalized spacial score (nSPS) is 16.2. The number of aromatic nitrogens is 2. The van der Waals surface area contributed by atoms with E-state index in [2.05, 4.69) is 4.98 Å². The molecule has 6 nitrogen and oxygen atoms in total. The summed E-state index contributed by atoms with van der Waals surface area (Å²) in [6, 6.07) is 5.01. The minimum atomic E-state index is -0.709. The monoisotopic (exact) mass is 420 g/mol. The lowest BCUT2D eigenvalue weighted by Gasteiger charge is -2.17. The molecular weight excluding hydrogens is 402 g/mol. The third kappa shape index (κ3) is 3.50. The highest BCUT2D eigenvalue weighted by Crippen LogP contribution is 2.41. The van der Waals surface area contributed by atoms with E-state index in [4.69, 9.17) is 9.47 Å². The van der Waals surface area contributed by atoms with Crippen molar-refractivity contribution in [1.82, 2.24) is 9.55 Å². The molecule has 1 aliphatic rings. The average molecular weight is 420 g/mol. The second-order valence-corrected chi connectivity index (χ2v) is 7.82. The van der Waals surface area contributed by atoms with Gasteiger partial charge in [0.1, 0.15) is 18.4 Å². The summed E-state index contributed by atoms with van der Waals surface area (Å²) in [6.07, 6.45) is -0.356. The van der Waals surface area contributed by atoms with Crippen molar-refractivity contribution in [2.45, 2.75) is 24.5 Å². The number of methoxy groups -OCH3 is 1. The summed E-state index contributed by atoms with van der Waals surface area (Å²) in [4.78, 5) is 28.0. The van der Waals surface area contributed by atoms with Gasteiger partial charge in [-0.15, -0.1) is 11.8 Å². The molecule has 29 heavy (non-hydrogen) atoms. The van der Waals surface area contributed by atoms with Crippen LogP contribution < -0.4 is 11.2 Å². The van der Waals surface area contributed by atoms with Gasteiger partial charge in [0.15, 0.2) is 0 Å². The molecule has 0 aliphatic carbocycles. The summed E-state index contributed by atoms with van der Waals surface area (Å²) in [7, 11) is 1.50. The number of nitrogens with zero attached hydrogens (tertiary/aromatic N) is 1. The minimum Gasteiger partial charge on any atom is -0.359 e. The predicted octanol–water partition coefficient (Wildman–Crippen LogP) is 3.04. The van der Waals surface area contributed by atoms with E-state index in [1.807, 2.05) is 0 Å². The molecule has 1 atom stereocenters. The van der Waals surface area contributed by atoms with E-state index < -0.39 is 22.9 Å². The fourth-order valence-corrected chi connectivity index (χ4v) is 4.92. The largest absolute Gasteiger partial charge is 0.359 e. The molecule has 152 valence electrons. The zero-order valence-electron chi connectivity index (χ0n) is 15.8. The van der Waals surface area contributed by atoms with Crippen molar-refractivity contribution in [2.75, 3.05) is 19.7 Å². The Bertz CT molecular complexity index is 1220. The van der Waals surface area contributed by atoms with Crippen LogP contribution in [-0.2, 0) is 16.0 Å². The van der Waals surface area contributed by atoms with Crippen molar-refractivity contribution in [3.05, 3.63) is 62.3 Å². The average Bonchev–Trinajstić information content (AvgIpc) is 2.86. The lowest BCUT2D eigenvalue weighted by molar-refractivity contribution is -0.0679. The highest BCUT2D eigenvalue weighted by atomic mass is 32.2. The number of hydrogen-bond donors (Lipinski definition) is 1. The van der Waals surface area contributed by atoms with Gasteiger partial charge in [0.25, 0.3) is 5.56 Å². The van der Waals surface area contributed by atoms with Gasteiger partial charge in [0.05, 0.1) is 23.6 Å². The Morgan fingerprint density at radius 2 is 2.07 bits per heavy atom. The molecule has 0 bridgehead atoms. The number of rotatable bonds is 4. The van der Waals surface area contributed by atoms with E-state index in [0.29, 0.717) is 32.7 Å². The van der Waals surface area contributed by atoms with E-state index in [9.17, 15) is 18.4 Å². The van der Waals surface area contributed by atoms with E-state index in [0.717, 1.165) is 6.07 Å². The number of thioether (sulfide) groups is 1. The first kappa shape index (κ1) is 19.8. The molecule has 0 saturated carbocycles. The molecule has 0 unspecified atom stereocenters. The van der Waals surface area contributed by atoms with Gasteiger partial charge in [0, 0.05) is 35.0 Å². The van der Waals surface area contributed by atoms with Crippen LogP contribution in [0.1, 0.15) is 5.56 Å². The first-order valence-corrected chi connectivity index (χ1v) is 9.88. The molecule has 1 aliphatic heterocycles. The van der Waals surface area contributed by atoms with Crippen LogP contribution in [0.3, 0.4) is 0 Å². The maximum atomic E-state index is 14.6. The zero-order valence-corrected chi connectivity index (χ0v) is 16.6. The molecule has 0 saturated heterocycles. The van der Waals surface area contributed by atoms with Gasteiger partial charge in [-0.25, -0.2) is 13.6 Å². The molecule has 4 rings (SSSR count). The lowest BCUT2D eigenvalue weighted by Crippen LogP contribution is -2.34. The Labute approximate surface area is 168 Å². The van der Waals surface area contributed by atoms with Gasteiger partial charge in [-0.05, 0) is 30.7 Å². The Morgan fingerprint density at radius 1 is 1.28 bits per heavy atom. The maximum Gasteiger partial charge on any atom is 0.328 e. The standard InChI is InChI=1S/C20H18F2N2O4S/c1-10-5-14-17-18(16(10)13-4-3-11(21)6-15(13)22)29-8-12(28-9-27-2)7-24(17)20(26)23-19(14)25/h3-6,12H,7-9H2,1-2H3,(H,23,25,26)/t12-/m1/s1. The van der Waals surface area contributed by atoms with Crippen molar-refractivity contribution in [3.63, 3.8) is 0 Å². The SMILES string of the molecule is COCO[C@H]1CSc2c(-c3ccc(F)cc3F)c(C)cc3c(=O)[nH]c(=O)n(c23)C1. The molecule has 0 radical (unpaired) electrons. The van der Waals surface area contributed by atoms with E-state index in [1.54, 1.807) is 13.0 Å². The summed E-state index contributed by atoms with van der Waals surface area (Å²) in [6.45, 7) is 2.03. The second-order valence-electron chi connectivity index (χ2n) is 6.79. The quantitative estimate of drug-likeness (QED) is 0.657. The Morgan fingerprint density at radius 3 is 2.79 bits per heavy atom. The van der Waals surface area contributed by atoms with Crippen LogP contribution >= 0.6 is 11.8 Å². The van der Waals surface area contributed by atoms with Crippen LogP contribution in [-0.4, -0.2) is 35.3 Å². The topological polar surface area (TPSA) is 73.3 Å². The summed E-state index contributed by atoms with van der Waals surface area (Å²) in [5, 5.41) is 0.336. The maximum absolute atomic E-state index is 14.6. The highest BCUT2D eigenvalue weighted by molar-refractivity contribution is 7.99. The first-order valence-electron chi connectivity index (χ1n) is 8.90. The van der Waals surface area contributed by atoms with Gasteiger partial charge in [-0.1, -0.05) is 0 Å².